The highest BCUT2D eigenvalue weighted by Gasteiger charge is 2.18. The van der Waals surface area contributed by atoms with Crippen LogP contribution in [0, 0.1) is 13.8 Å². The van der Waals surface area contributed by atoms with Crippen molar-refractivity contribution in [1.82, 2.24) is 4.98 Å². The second-order valence-electron chi connectivity index (χ2n) is 4.32. The lowest BCUT2D eigenvalue weighted by molar-refractivity contribution is 0.600. The van der Waals surface area contributed by atoms with Gasteiger partial charge < -0.3 is 5.73 Å². The summed E-state index contributed by atoms with van der Waals surface area (Å²) >= 11 is 0. The largest absolute Gasteiger partial charge is 0.396 e. The number of anilines is 2. The molecule has 19 heavy (non-hydrogen) atoms. The maximum absolute atomic E-state index is 12.3. The van der Waals surface area contributed by atoms with Crippen molar-refractivity contribution >= 4 is 21.5 Å². The Labute approximate surface area is 112 Å². The van der Waals surface area contributed by atoms with E-state index in [1.807, 2.05) is 13.0 Å². The maximum atomic E-state index is 12.3. The molecule has 2 rings (SSSR count). The molecule has 0 fully saturated rings. The van der Waals surface area contributed by atoms with Gasteiger partial charge in [0.1, 0.15) is 0 Å². The van der Waals surface area contributed by atoms with E-state index in [0.717, 1.165) is 5.56 Å². The van der Waals surface area contributed by atoms with Crippen molar-refractivity contribution in [3.8, 4) is 0 Å². The number of nitrogens with one attached hydrogen (secondary N) is 1. The van der Waals surface area contributed by atoms with Gasteiger partial charge in [0.05, 0.1) is 10.6 Å². The predicted octanol–water partition coefficient (Wildman–Crippen LogP) is 2.08. The van der Waals surface area contributed by atoms with Gasteiger partial charge in [-0.15, -0.1) is 0 Å². The van der Waals surface area contributed by atoms with E-state index in [2.05, 4.69) is 9.71 Å². The number of benzene rings is 1. The van der Waals surface area contributed by atoms with Crippen molar-refractivity contribution in [2.24, 2.45) is 0 Å². The Hall–Kier alpha value is -2.08. The van der Waals surface area contributed by atoms with Crippen molar-refractivity contribution in [3.05, 3.63) is 47.7 Å². The first-order chi connectivity index (χ1) is 8.90. The molecule has 100 valence electrons. The van der Waals surface area contributed by atoms with Crippen LogP contribution in [0.25, 0.3) is 0 Å². The zero-order chi connectivity index (χ0) is 14.0. The van der Waals surface area contributed by atoms with Gasteiger partial charge >= 0.3 is 0 Å². The summed E-state index contributed by atoms with van der Waals surface area (Å²) in [6, 6.07) is 8.38. The van der Waals surface area contributed by atoms with E-state index in [9.17, 15) is 8.42 Å². The fourth-order valence-electron chi connectivity index (χ4n) is 1.79. The third-order valence-corrected chi connectivity index (χ3v) is 4.19. The average molecular weight is 277 g/mol. The molecule has 5 nitrogen and oxygen atoms in total. The summed E-state index contributed by atoms with van der Waals surface area (Å²) in [7, 11) is -3.68. The lowest BCUT2D eigenvalue weighted by Gasteiger charge is -2.11. The maximum Gasteiger partial charge on any atom is 0.263 e. The summed E-state index contributed by atoms with van der Waals surface area (Å²) in [4.78, 5) is 4.15. The van der Waals surface area contributed by atoms with E-state index < -0.39 is 10.0 Å². The molecule has 0 atom stereocenters. The highest BCUT2D eigenvalue weighted by molar-refractivity contribution is 7.92. The Morgan fingerprint density at radius 2 is 1.95 bits per heavy atom. The van der Waals surface area contributed by atoms with Crippen LogP contribution < -0.4 is 10.5 Å². The number of sulfonamides is 1. The molecule has 0 spiro atoms. The lowest BCUT2D eigenvalue weighted by atomic mass is 10.2. The smallest absolute Gasteiger partial charge is 0.263 e. The van der Waals surface area contributed by atoms with Gasteiger partial charge in [0.2, 0.25) is 0 Å². The van der Waals surface area contributed by atoms with Crippen LogP contribution in [0.1, 0.15) is 11.1 Å². The zero-order valence-electron chi connectivity index (χ0n) is 10.7. The fourth-order valence-corrected chi connectivity index (χ4v) is 3.05. The molecule has 0 saturated heterocycles. The number of nitrogens with two attached hydrogens (primary N) is 1. The van der Waals surface area contributed by atoms with Gasteiger partial charge in [-0.25, -0.2) is 13.4 Å². The summed E-state index contributed by atoms with van der Waals surface area (Å²) in [6.07, 6.45) is 1.48. The quantitative estimate of drug-likeness (QED) is 0.899. The second-order valence-corrected chi connectivity index (χ2v) is 5.97. The van der Waals surface area contributed by atoms with E-state index >= 15 is 0 Å². The minimum atomic E-state index is -3.68. The molecule has 0 bridgehead atoms. The minimum Gasteiger partial charge on any atom is -0.396 e. The number of rotatable bonds is 3. The Morgan fingerprint density at radius 1 is 1.21 bits per heavy atom. The first-order valence-electron chi connectivity index (χ1n) is 5.71. The number of nitrogens with zero attached hydrogens (tertiary/aromatic N) is 1. The van der Waals surface area contributed by atoms with Crippen LogP contribution in [0.15, 0.2) is 41.4 Å². The van der Waals surface area contributed by atoms with E-state index in [1.54, 1.807) is 31.2 Å². The molecule has 0 saturated carbocycles. The van der Waals surface area contributed by atoms with Crippen LogP contribution in [0.5, 0.6) is 0 Å². The van der Waals surface area contributed by atoms with Gasteiger partial charge in [0.15, 0.2) is 5.82 Å². The topological polar surface area (TPSA) is 85.1 Å². The van der Waals surface area contributed by atoms with E-state index in [-0.39, 0.29) is 16.4 Å². The Kier molecular flexibility index (Phi) is 3.44. The van der Waals surface area contributed by atoms with Crippen LogP contribution in [0.4, 0.5) is 11.5 Å². The highest BCUT2D eigenvalue weighted by atomic mass is 32.2. The fraction of sp³-hybridized carbons (Fsp3) is 0.154. The van der Waals surface area contributed by atoms with Gasteiger partial charge in [0, 0.05) is 6.20 Å². The minimum absolute atomic E-state index is 0.141. The summed E-state index contributed by atoms with van der Waals surface area (Å²) in [6.45, 7) is 3.66. The molecule has 0 radical (unpaired) electrons. The van der Waals surface area contributed by atoms with E-state index in [4.69, 9.17) is 5.73 Å². The molecule has 0 amide bonds. The monoisotopic (exact) mass is 277 g/mol. The molecule has 0 unspecified atom stereocenters. The normalized spacial score (nSPS) is 11.3. The van der Waals surface area contributed by atoms with E-state index in [1.165, 1.54) is 6.20 Å². The molecule has 1 heterocycles. The summed E-state index contributed by atoms with van der Waals surface area (Å²) in [5.41, 5.74) is 7.66. The van der Waals surface area contributed by atoms with Crippen molar-refractivity contribution in [2.75, 3.05) is 10.5 Å². The Morgan fingerprint density at radius 3 is 2.58 bits per heavy atom. The number of hydrogen-bond acceptors (Lipinski definition) is 4. The molecule has 0 aliphatic carbocycles. The van der Waals surface area contributed by atoms with Crippen LogP contribution in [-0.4, -0.2) is 13.4 Å². The molecule has 0 aliphatic rings. The molecule has 3 N–H and O–H groups in total. The van der Waals surface area contributed by atoms with Gasteiger partial charge in [0.25, 0.3) is 10.0 Å². The average Bonchev–Trinajstić information content (AvgIpc) is 2.31. The van der Waals surface area contributed by atoms with Crippen molar-refractivity contribution < 1.29 is 8.42 Å². The SMILES string of the molecule is Cc1ccc(S(=O)(=O)Nc2ncccc2N)c(C)c1. The number of nitrogen functional groups attached to an aromatic ring is 1. The van der Waals surface area contributed by atoms with Gasteiger partial charge in [-0.3, -0.25) is 4.72 Å². The summed E-state index contributed by atoms with van der Waals surface area (Å²) in [5.74, 6) is 0.141. The van der Waals surface area contributed by atoms with Gasteiger partial charge in [-0.05, 0) is 37.6 Å². The molecule has 0 aliphatic heterocycles. The van der Waals surface area contributed by atoms with Crippen LogP contribution in [0.2, 0.25) is 0 Å². The third kappa shape index (κ3) is 2.85. The Bertz CT molecular complexity index is 712. The number of aryl methyl sites for hydroxylation is 2. The molecule has 2 aromatic rings. The first kappa shape index (κ1) is 13.4. The first-order valence-corrected chi connectivity index (χ1v) is 7.19. The molecule has 6 heteroatoms. The summed E-state index contributed by atoms with van der Waals surface area (Å²) < 4.78 is 27.0. The molecule has 1 aromatic heterocycles. The molecular formula is C13H15N3O2S. The number of aromatic nitrogens is 1. The van der Waals surface area contributed by atoms with Crippen LogP contribution in [-0.2, 0) is 10.0 Å². The Balaban J connectivity index is 2.41. The van der Waals surface area contributed by atoms with Crippen LogP contribution in [0.3, 0.4) is 0 Å². The standard InChI is InChI=1S/C13H15N3O2S/c1-9-5-6-12(10(2)8-9)19(17,18)16-13-11(14)4-3-7-15-13/h3-8H,14H2,1-2H3,(H,15,16). The number of pyridine rings is 1. The molecular weight excluding hydrogens is 262 g/mol. The third-order valence-electron chi connectivity index (χ3n) is 2.69. The zero-order valence-corrected chi connectivity index (χ0v) is 11.5. The summed E-state index contributed by atoms with van der Waals surface area (Å²) in [5, 5.41) is 0. The van der Waals surface area contributed by atoms with Crippen molar-refractivity contribution in [2.45, 2.75) is 18.7 Å². The number of hydrogen-bond donors (Lipinski definition) is 2. The predicted molar refractivity (Wildman–Crippen MR) is 75.4 cm³/mol. The van der Waals surface area contributed by atoms with Gasteiger partial charge in [-0.1, -0.05) is 17.7 Å². The van der Waals surface area contributed by atoms with Gasteiger partial charge in [-0.2, -0.15) is 0 Å². The molecule has 1 aromatic carbocycles. The highest BCUT2D eigenvalue weighted by Crippen LogP contribution is 2.21. The van der Waals surface area contributed by atoms with Crippen molar-refractivity contribution in [3.63, 3.8) is 0 Å². The van der Waals surface area contributed by atoms with E-state index in [0.29, 0.717) is 5.56 Å². The lowest BCUT2D eigenvalue weighted by Crippen LogP contribution is -2.16. The van der Waals surface area contributed by atoms with Crippen molar-refractivity contribution in [1.29, 1.82) is 0 Å². The van der Waals surface area contributed by atoms with Crippen LogP contribution >= 0.6 is 0 Å². The second kappa shape index (κ2) is 4.89.